The Morgan fingerprint density at radius 2 is 1.76 bits per heavy atom. The maximum absolute atomic E-state index is 3.74. The highest BCUT2D eigenvalue weighted by Crippen LogP contribution is 2.19. The average Bonchev–Trinajstić information content (AvgIpc) is 2.56. The van der Waals surface area contributed by atoms with Gasteiger partial charge in [0.05, 0.1) is 0 Å². The van der Waals surface area contributed by atoms with Crippen molar-refractivity contribution in [2.45, 2.75) is 39.2 Å². The summed E-state index contributed by atoms with van der Waals surface area (Å²) in [5, 5.41) is 3.74. The summed E-state index contributed by atoms with van der Waals surface area (Å²) in [6, 6.07) is 11.5. The van der Waals surface area contributed by atoms with E-state index in [4.69, 9.17) is 0 Å². The first-order valence-electron chi connectivity index (χ1n) is 8.59. The van der Waals surface area contributed by atoms with Crippen LogP contribution in [-0.4, -0.2) is 50.2 Å². The van der Waals surface area contributed by atoms with Crippen molar-refractivity contribution in [3.05, 3.63) is 30.3 Å². The first kappa shape index (κ1) is 16.3. The standard InChI is InChI=1S/C18H31N3/c1-3-20(4-2)14-8-13-19-17-11-15-21(16-12-17)18-9-6-5-7-10-18/h5-7,9-10,17,19H,3-4,8,11-16H2,1-2H3. The first-order chi connectivity index (χ1) is 10.3. The molecule has 2 rings (SSSR count). The number of rotatable bonds is 8. The topological polar surface area (TPSA) is 18.5 Å². The minimum atomic E-state index is 0.710. The van der Waals surface area contributed by atoms with Crippen LogP contribution in [0.4, 0.5) is 5.69 Å². The lowest BCUT2D eigenvalue weighted by molar-refractivity contribution is 0.293. The lowest BCUT2D eigenvalue weighted by Gasteiger charge is -2.34. The van der Waals surface area contributed by atoms with Crippen molar-refractivity contribution in [2.24, 2.45) is 0 Å². The van der Waals surface area contributed by atoms with E-state index >= 15 is 0 Å². The molecule has 1 aromatic rings. The molecule has 3 heteroatoms. The van der Waals surface area contributed by atoms with Crippen molar-refractivity contribution in [3.8, 4) is 0 Å². The van der Waals surface area contributed by atoms with E-state index in [1.165, 1.54) is 57.7 Å². The van der Waals surface area contributed by atoms with Crippen molar-refractivity contribution in [3.63, 3.8) is 0 Å². The summed E-state index contributed by atoms with van der Waals surface area (Å²) in [6.07, 6.45) is 3.79. The zero-order chi connectivity index (χ0) is 14.9. The third kappa shape index (κ3) is 5.33. The zero-order valence-corrected chi connectivity index (χ0v) is 13.7. The molecule has 118 valence electrons. The summed E-state index contributed by atoms with van der Waals surface area (Å²) >= 11 is 0. The van der Waals surface area contributed by atoms with Crippen LogP contribution in [0.3, 0.4) is 0 Å². The Morgan fingerprint density at radius 1 is 1.10 bits per heavy atom. The molecule has 1 saturated heterocycles. The van der Waals surface area contributed by atoms with Crippen LogP contribution in [0.25, 0.3) is 0 Å². The summed E-state index contributed by atoms with van der Waals surface area (Å²) in [4.78, 5) is 5.01. The van der Waals surface area contributed by atoms with E-state index in [1.807, 2.05) is 0 Å². The number of hydrogen-bond donors (Lipinski definition) is 1. The van der Waals surface area contributed by atoms with Gasteiger partial charge in [-0.25, -0.2) is 0 Å². The van der Waals surface area contributed by atoms with Gasteiger partial charge in [0, 0.05) is 24.8 Å². The fourth-order valence-corrected chi connectivity index (χ4v) is 3.13. The molecule has 3 nitrogen and oxygen atoms in total. The minimum Gasteiger partial charge on any atom is -0.371 e. The molecule has 1 aliphatic rings. The van der Waals surface area contributed by atoms with Crippen LogP contribution >= 0.6 is 0 Å². The number of nitrogens with one attached hydrogen (secondary N) is 1. The molecule has 0 unspecified atom stereocenters. The zero-order valence-electron chi connectivity index (χ0n) is 13.7. The van der Waals surface area contributed by atoms with E-state index in [2.05, 4.69) is 59.3 Å². The summed E-state index contributed by atoms with van der Waals surface area (Å²) in [5.41, 5.74) is 1.37. The third-order valence-electron chi connectivity index (χ3n) is 4.59. The number of para-hydroxylation sites is 1. The molecule has 0 spiro atoms. The van der Waals surface area contributed by atoms with Gasteiger partial charge in [0.1, 0.15) is 0 Å². The van der Waals surface area contributed by atoms with Crippen molar-refractivity contribution in [1.82, 2.24) is 10.2 Å². The maximum Gasteiger partial charge on any atom is 0.0366 e. The second kappa shape index (κ2) is 9.06. The van der Waals surface area contributed by atoms with Crippen molar-refractivity contribution in [1.29, 1.82) is 0 Å². The van der Waals surface area contributed by atoms with Crippen LogP contribution in [0.1, 0.15) is 33.1 Å². The van der Waals surface area contributed by atoms with Crippen LogP contribution in [0.15, 0.2) is 30.3 Å². The van der Waals surface area contributed by atoms with Crippen LogP contribution in [0.5, 0.6) is 0 Å². The number of nitrogens with zero attached hydrogens (tertiary/aromatic N) is 2. The molecular weight excluding hydrogens is 258 g/mol. The van der Waals surface area contributed by atoms with Gasteiger partial charge in [0.25, 0.3) is 0 Å². The van der Waals surface area contributed by atoms with Crippen LogP contribution < -0.4 is 10.2 Å². The van der Waals surface area contributed by atoms with E-state index in [-0.39, 0.29) is 0 Å². The van der Waals surface area contributed by atoms with E-state index < -0.39 is 0 Å². The highest BCUT2D eigenvalue weighted by Gasteiger charge is 2.18. The van der Waals surface area contributed by atoms with Gasteiger partial charge in [0.2, 0.25) is 0 Å². The summed E-state index contributed by atoms with van der Waals surface area (Å²) in [5.74, 6) is 0. The van der Waals surface area contributed by atoms with Crippen molar-refractivity contribution >= 4 is 5.69 Å². The number of anilines is 1. The Hall–Kier alpha value is -1.06. The highest BCUT2D eigenvalue weighted by molar-refractivity contribution is 5.46. The average molecular weight is 289 g/mol. The highest BCUT2D eigenvalue weighted by atomic mass is 15.1. The molecule has 0 aliphatic carbocycles. The van der Waals surface area contributed by atoms with E-state index in [1.54, 1.807) is 0 Å². The predicted molar refractivity (Wildman–Crippen MR) is 92.1 cm³/mol. The molecule has 0 bridgehead atoms. The maximum atomic E-state index is 3.74. The second-order valence-corrected chi connectivity index (χ2v) is 5.93. The molecule has 0 amide bonds. The molecular formula is C18H31N3. The molecule has 1 aromatic carbocycles. The van der Waals surface area contributed by atoms with Gasteiger partial charge < -0.3 is 15.1 Å². The van der Waals surface area contributed by atoms with Crippen molar-refractivity contribution in [2.75, 3.05) is 44.2 Å². The molecule has 0 saturated carbocycles. The predicted octanol–water partition coefficient (Wildman–Crippen LogP) is 2.98. The Kier molecular flexibility index (Phi) is 7.04. The lowest BCUT2D eigenvalue weighted by atomic mass is 10.0. The Balaban J connectivity index is 1.61. The van der Waals surface area contributed by atoms with Gasteiger partial charge in [-0.2, -0.15) is 0 Å². The number of hydrogen-bond acceptors (Lipinski definition) is 3. The van der Waals surface area contributed by atoms with Gasteiger partial charge in [-0.05, 0) is 57.6 Å². The van der Waals surface area contributed by atoms with Crippen LogP contribution in [-0.2, 0) is 0 Å². The smallest absolute Gasteiger partial charge is 0.0366 e. The Labute approximate surface area is 130 Å². The second-order valence-electron chi connectivity index (χ2n) is 5.93. The Bertz CT molecular complexity index is 367. The SMILES string of the molecule is CCN(CC)CCCNC1CCN(c2ccccc2)CC1. The molecule has 1 fully saturated rings. The third-order valence-corrected chi connectivity index (χ3v) is 4.59. The Morgan fingerprint density at radius 3 is 2.38 bits per heavy atom. The first-order valence-corrected chi connectivity index (χ1v) is 8.59. The molecule has 0 atom stereocenters. The summed E-state index contributed by atoms with van der Waals surface area (Å²) in [6.45, 7) is 11.6. The van der Waals surface area contributed by atoms with Crippen LogP contribution in [0, 0.1) is 0 Å². The van der Waals surface area contributed by atoms with E-state index in [0.717, 1.165) is 6.54 Å². The van der Waals surface area contributed by atoms with Gasteiger partial charge in [-0.3, -0.25) is 0 Å². The molecule has 0 radical (unpaired) electrons. The molecule has 0 aromatic heterocycles. The quantitative estimate of drug-likeness (QED) is 0.742. The minimum absolute atomic E-state index is 0.710. The van der Waals surface area contributed by atoms with Gasteiger partial charge in [-0.1, -0.05) is 32.0 Å². The number of piperidine rings is 1. The fourth-order valence-electron chi connectivity index (χ4n) is 3.13. The van der Waals surface area contributed by atoms with Gasteiger partial charge in [0.15, 0.2) is 0 Å². The molecule has 1 aliphatic heterocycles. The molecule has 1 N–H and O–H groups in total. The monoisotopic (exact) mass is 289 g/mol. The summed E-state index contributed by atoms with van der Waals surface area (Å²) in [7, 11) is 0. The summed E-state index contributed by atoms with van der Waals surface area (Å²) < 4.78 is 0. The van der Waals surface area contributed by atoms with E-state index in [9.17, 15) is 0 Å². The van der Waals surface area contributed by atoms with Crippen molar-refractivity contribution < 1.29 is 0 Å². The van der Waals surface area contributed by atoms with Gasteiger partial charge in [-0.15, -0.1) is 0 Å². The number of benzene rings is 1. The molecule has 21 heavy (non-hydrogen) atoms. The molecule has 1 heterocycles. The largest absolute Gasteiger partial charge is 0.371 e. The van der Waals surface area contributed by atoms with Gasteiger partial charge >= 0.3 is 0 Å². The fraction of sp³-hybridized carbons (Fsp3) is 0.667. The van der Waals surface area contributed by atoms with Crippen LogP contribution in [0.2, 0.25) is 0 Å². The van der Waals surface area contributed by atoms with E-state index in [0.29, 0.717) is 6.04 Å². The normalized spacial score (nSPS) is 16.6. The lowest BCUT2D eigenvalue weighted by Crippen LogP contribution is -2.43.